The van der Waals surface area contributed by atoms with E-state index in [0.717, 1.165) is 6.07 Å². The minimum absolute atomic E-state index is 0.0589. The first-order valence-electron chi connectivity index (χ1n) is 7.50. The standard InChI is InChI=1S/C16H20N4O5/c1-10(2)16(3,9-17)19-14(21)8-25-15(22)12-7-11(20(23)24)5-6-13(12)18-4/h5-7,10,18H,8H2,1-4H3,(H,19,21)/t16-/m1/s1. The van der Waals surface area contributed by atoms with Gasteiger partial charge >= 0.3 is 5.97 Å². The quantitative estimate of drug-likeness (QED) is 0.436. The van der Waals surface area contributed by atoms with Gasteiger partial charge in [0, 0.05) is 24.9 Å². The second-order valence-corrected chi connectivity index (χ2v) is 5.83. The third-order valence-electron chi connectivity index (χ3n) is 3.82. The van der Waals surface area contributed by atoms with E-state index in [1.807, 2.05) is 6.07 Å². The lowest BCUT2D eigenvalue weighted by Gasteiger charge is -2.27. The van der Waals surface area contributed by atoms with Crippen LogP contribution in [0.4, 0.5) is 11.4 Å². The van der Waals surface area contributed by atoms with E-state index in [1.54, 1.807) is 27.8 Å². The Morgan fingerprint density at radius 3 is 2.56 bits per heavy atom. The van der Waals surface area contributed by atoms with Gasteiger partial charge in [-0.1, -0.05) is 13.8 Å². The summed E-state index contributed by atoms with van der Waals surface area (Å²) in [6.07, 6.45) is 0. The molecule has 0 aromatic heterocycles. The zero-order valence-electron chi connectivity index (χ0n) is 14.5. The molecule has 2 N–H and O–H groups in total. The van der Waals surface area contributed by atoms with Crippen LogP contribution in [-0.4, -0.2) is 36.0 Å². The minimum atomic E-state index is -1.09. The first-order valence-corrected chi connectivity index (χ1v) is 7.50. The number of nitrogens with zero attached hydrogens (tertiary/aromatic N) is 2. The molecule has 1 amide bonds. The van der Waals surface area contributed by atoms with Crippen LogP contribution in [0, 0.1) is 27.4 Å². The highest BCUT2D eigenvalue weighted by atomic mass is 16.6. The number of carbonyl (C=O) groups is 2. The summed E-state index contributed by atoms with van der Waals surface area (Å²) in [6, 6.07) is 5.70. The smallest absolute Gasteiger partial charge is 0.341 e. The van der Waals surface area contributed by atoms with Crippen LogP contribution < -0.4 is 10.6 Å². The number of rotatable bonds is 7. The van der Waals surface area contributed by atoms with Crippen LogP contribution in [0.2, 0.25) is 0 Å². The molecule has 0 spiro atoms. The molecule has 25 heavy (non-hydrogen) atoms. The van der Waals surface area contributed by atoms with Crippen LogP contribution in [0.5, 0.6) is 0 Å². The SMILES string of the molecule is CNc1ccc([N+](=O)[O-])cc1C(=O)OCC(=O)N[C@](C)(C#N)C(C)C. The number of nitro groups is 1. The fourth-order valence-corrected chi connectivity index (χ4v) is 1.87. The zero-order chi connectivity index (χ0) is 19.2. The second kappa shape index (κ2) is 8.10. The first kappa shape index (κ1) is 19.9. The molecule has 9 nitrogen and oxygen atoms in total. The highest BCUT2D eigenvalue weighted by Gasteiger charge is 2.30. The van der Waals surface area contributed by atoms with Crippen LogP contribution in [0.15, 0.2) is 18.2 Å². The van der Waals surface area contributed by atoms with Crippen molar-refractivity contribution in [3.8, 4) is 6.07 Å². The third-order valence-corrected chi connectivity index (χ3v) is 3.82. The summed E-state index contributed by atoms with van der Waals surface area (Å²) in [5.74, 6) is -1.67. The molecule has 1 atom stereocenters. The molecule has 0 saturated carbocycles. The van der Waals surface area contributed by atoms with Crippen molar-refractivity contribution < 1.29 is 19.2 Å². The van der Waals surface area contributed by atoms with Gasteiger partial charge in [0.2, 0.25) is 0 Å². The average Bonchev–Trinajstić information content (AvgIpc) is 2.58. The van der Waals surface area contributed by atoms with Crippen molar-refractivity contribution in [3.05, 3.63) is 33.9 Å². The van der Waals surface area contributed by atoms with E-state index in [9.17, 15) is 19.7 Å². The third kappa shape index (κ3) is 4.91. The Bertz CT molecular complexity index is 726. The lowest BCUT2D eigenvalue weighted by molar-refractivity contribution is -0.384. The van der Waals surface area contributed by atoms with Crippen LogP contribution in [0.1, 0.15) is 31.1 Å². The van der Waals surface area contributed by atoms with Crippen LogP contribution >= 0.6 is 0 Å². The molecule has 0 bridgehead atoms. The summed E-state index contributed by atoms with van der Waals surface area (Å²) in [5.41, 5.74) is -1.09. The van der Waals surface area contributed by atoms with E-state index in [0.29, 0.717) is 5.69 Å². The fourth-order valence-electron chi connectivity index (χ4n) is 1.87. The predicted octanol–water partition coefficient (Wildman–Crippen LogP) is 1.85. The molecule has 0 heterocycles. The van der Waals surface area contributed by atoms with Gasteiger partial charge in [-0.3, -0.25) is 14.9 Å². The lowest BCUT2D eigenvalue weighted by atomic mass is 9.90. The Labute approximate surface area is 145 Å². The van der Waals surface area contributed by atoms with Crippen LogP contribution in [0.3, 0.4) is 0 Å². The Balaban J connectivity index is 2.84. The van der Waals surface area contributed by atoms with Crippen molar-refractivity contribution in [2.45, 2.75) is 26.3 Å². The number of nitriles is 1. The van der Waals surface area contributed by atoms with Crippen molar-refractivity contribution in [1.82, 2.24) is 5.32 Å². The number of ether oxygens (including phenoxy) is 1. The molecule has 0 saturated heterocycles. The molecule has 1 rings (SSSR count). The number of hydrogen-bond donors (Lipinski definition) is 2. The van der Waals surface area contributed by atoms with Gasteiger partial charge in [-0.05, 0) is 18.9 Å². The maximum absolute atomic E-state index is 12.1. The minimum Gasteiger partial charge on any atom is -0.452 e. The molecule has 0 aliphatic carbocycles. The molecule has 0 aliphatic rings. The molecule has 0 radical (unpaired) electrons. The number of esters is 1. The van der Waals surface area contributed by atoms with Crippen LogP contribution in [-0.2, 0) is 9.53 Å². The largest absolute Gasteiger partial charge is 0.452 e. The van der Waals surface area contributed by atoms with Crippen molar-refractivity contribution in [3.63, 3.8) is 0 Å². The topological polar surface area (TPSA) is 134 Å². The van der Waals surface area contributed by atoms with Gasteiger partial charge in [0.1, 0.15) is 5.54 Å². The molecule has 1 aromatic carbocycles. The molecule has 9 heteroatoms. The van der Waals surface area contributed by atoms with E-state index < -0.39 is 28.9 Å². The average molecular weight is 348 g/mol. The Hall–Kier alpha value is -3.15. The number of anilines is 1. The summed E-state index contributed by atoms with van der Waals surface area (Å²) in [7, 11) is 1.55. The van der Waals surface area contributed by atoms with E-state index >= 15 is 0 Å². The van der Waals surface area contributed by atoms with Crippen molar-refractivity contribution in [1.29, 1.82) is 5.26 Å². The maximum atomic E-state index is 12.1. The second-order valence-electron chi connectivity index (χ2n) is 5.83. The van der Waals surface area contributed by atoms with Crippen LogP contribution in [0.25, 0.3) is 0 Å². The van der Waals surface area contributed by atoms with Gasteiger partial charge in [-0.25, -0.2) is 4.79 Å². The van der Waals surface area contributed by atoms with E-state index in [4.69, 9.17) is 10.00 Å². The number of nitro benzene ring substituents is 1. The predicted molar refractivity (Wildman–Crippen MR) is 89.9 cm³/mol. The monoisotopic (exact) mass is 348 g/mol. The summed E-state index contributed by atoms with van der Waals surface area (Å²) in [5, 5.41) is 25.2. The molecular formula is C16H20N4O5. The number of amides is 1. The van der Waals surface area contributed by atoms with Crippen molar-refractivity contribution >= 4 is 23.3 Å². The molecule has 0 fully saturated rings. The summed E-state index contributed by atoms with van der Waals surface area (Å²) >= 11 is 0. The summed E-state index contributed by atoms with van der Waals surface area (Å²) < 4.78 is 4.91. The Morgan fingerprint density at radius 2 is 2.08 bits per heavy atom. The van der Waals surface area contributed by atoms with E-state index in [2.05, 4.69) is 10.6 Å². The number of benzene rings is 1. The number of hydrogen-bond acceptors (Lipinski definition) is 7. The highest BCUT2D eigenvalue weighted by molar-refractivity contribution is 5.97. The highest BCUT2D eigenvalue weighted by Crippen LogP contribution is 2.22. The van der Waals surface area contributed by atoms with Gasteiger partial charge in [0.05, 0.1) is 16.6 Å². The molecule has 0 aliphatic heterocycles. The van der Waals surface area contributed by atoms with Gasteiger partial charge < -0.3 is 15.4 Å². The molecule has 134 valence electrons. The van der Waals surface area contributed by atoms with E-state index in [1.165, 1.54) is 12.1 Å². The summed E-state index contributed by atoms with van der Waals surface area (Å²) in [6.45, 7) is 4.52. The number of non-ortho nitro benzene ring substituents is 1. The zero-order valence-corrected chi connectivity index (χ0v) is 14.5. The first-order chi connectivity index (χ1) is 11.6. The lowest BCUT2D eigenvalue weighted by Crippen LogP contribution is -2.50. The van der Waals surface area contributed by atoms with Gasteiger partial charge in [-0.2, -0.15) is 5.26 Å². The van der Waals surface area contributed by atoms with Gasteiger partial charge in [0.25, 0.3) is 11.6 Å². The summed E-state index contributed by atoms with van der Waals surface area (Å²) in [4.78, 5) is 34.3. The number of nitrogens with one attached hydrogen (secondary N) is 2. The molecule has 1 aromatic rings. The number of carbonyl (C=O) groups excluding carboxylic acids is 2. The van der Waals surface area contributed by atoms with Crippen molar-refractivity contribution in [2.24, 2.45) is 5.92 Å². The van der Waals surface area contributed by atoms with E-state index in [-0.39, 0.29) is 17.2 Å². The molecule has 0 unspecified atom stereocenters. The fraction of sp³-hybridized carbons (Fsp3) is 0.438. The molecular weight excluding hydrogens is 328 g/mol. The maximum Gasteiger partial charge on any atom is 0.341 e. The Kier molecular flexibility index (Phi) is 6.45. The van der Waals surface area contributed by atoms with Gasteiger partial charge in [-0.15, -0.1) is 0 Å². The van der Waals surface area contributed by atoms with Gasteiger partial charge in [0.15, 0.2) is 6.61 Å². The normalized spacial score (nSPS) is 12.6. The van der Waals surface area contributed by atoms with Crippen molar-refractivity contribution in [2.75, 3.05) is 19.0 Å². The Morgan fingerprint density at radius 1 is 1.44 bits per heavy atom.